The van der Waals surface area contributed by atoms with Crippen LogP contribution in [0.25, 0.3) is 10.9 Å². The third kappa shape index (κ3) is 3.51. The van der Waals surface area contributed by atoms with Crippen LogP contribution in [0.3, 0.4) is 0 Å². The van der Waals surface area contributed by atoms with E-state index < -0.39 is 5.91 Å². The number of aromatic nitrogens is 1. The van der Waals surface area contributed by atoms with E-state index in [0.717, 1.165) is 16.5 Å². The van der Waals surface area contributed by atoms with Gasteiger partial charge in [-0.3, -0.25) is 4.79 Å². The molecule has 0 aliphatic rings. The first-order valence-corrected chi connectivity index (χ1v) is 7.99. The highest BCUT2D eigenvalue weighted by Gasteiger charge is 2.14. The summed E-state index contributed by atoms with van der Waals surface area (Å²) in [7, 11) is 3.30. The molecule has 0 fully saturated rings. The number of benzene rings is 2. The van der Waals surface area contributed by atoms with E-state index in [0.29, 0.717) is 11.5 Å². The molecule has 0 radical (unpaired) electrons. The molecule has 0 bridgehead atoms. The maximum atomic E-state index is 11.9. The second kappa shape index (κ2) is 7.26. The van der Waals surface area contributed by atoms with Crippen LogP contribution in [-0.4, -0.2) is 29.3 Å². The fraction of sp³-hybridized carbons (Fsp3) is 0.211. The molecular formula is C19H19N3O4. The van der Waals surface area contributed by atoms with Crippen LogP contribution in [0.15, 0.2) is 52.7 Å². The van der Waals surface area contributed by atoms with Gasteiger partial charge in [-0.15, -0.1) is 10.2 Å². The Bertz CT molecular complexity index is 975. The fourth-order valence-corrected chi connectivity index (χ4v) is 2.58. The minimum atomic E-state index is -0.551. The molecule has 1 aromatic heterocycles. The standard InChI is InChI=1S/C19H19N3O4/c1-12-4-9-16-15(10-12)18(19(24)22(16)2)21-20-17(23)11-26-14-7-5-13(25-3)6-8-14/h4-10,24H,11H2,1-3H3. The van der Waals surface area contributed by atoms with E-state index in [2.05, 4.69) is 10.2 Å². The quantitative estimate of drug-likeness (QED) is 0.705. The summed E-state index contributed by atoms with van der Waals surface area (Å²) in [5, 5.41) is 18.6. The van der Waals surface area contributed by atoms with Crippen molar-refractivity contribution < 1.29 is 19.4 Å². The Hall–Kier alpha value is -3.35. The molecule has 0 unspecified atom stereocenters. The van der Waals surface area contributed by atoms with Crippen LogP contribution in [-0.2, 0) is 11.8 Å². The molecule has 7 heteroatoms. The van der Waals surface area contributed by atoms with Gasteiger partial charge < -0.3 is 19.1 Å². The molecule has 0 aliphatic heterocycles. The minimum Gasteiger partial charge on any atom is -0.497 e. The Morgan fingerprint density at radius 3 is 2.54 bits per heavy atom. The number of azo groups is 1. The Morgan fingerprint density at radius 1 is 1.15 bits per heavy atom. The first kappa shape index (κ1) is 17.5. The van der Waals surface area contributed by atoms with Crippen molar-refractivity contribution in [1.82, 2.24) is 4.57 Å². The van der Waals surface area contributed by atoms with Gasteiger partial charge >= 0.3 is 5.91 Å². The van der Waals surface area contributed by atoms with Crippen LogP contribution in [0, 0.1) is 6.92 Å². The largest absolute Gasteiger partial charge is 0.497 e. The Balaban J connectivity index is 1.73. The highest BCUT2D eigenvalue weighted by atomic mass is 16.5. The summed E-state index contributed by atoms with van der Waals surface area (Å²) >= 11 is 0. The lowest BCUT2D eigenvalue weighted by Gasteiger charge is -2.04. The van der Waals surface area contributed by atoms with Gasteiger partial charge in [0, 0.05) is 12.4 Å². The SMILES string of the molecule is COc1ccc(OCC(=O)N=Nc2c(O)n(C)c3ccc(C)cc23)cc1. The molecule has 26 heavy (non-hydrogen) atoms. The number of aromatic hydroxyl groups is 1. The molecule has 1 N–H and O–H groups in total. The van der Waals surface area contributed by atoms with Crippen LogP contribution in [0.1, 0.15) is 5.56 Å². The van der Waals surface area contributed by atoms with E-state index >= 15 is 0 Å². The average Bonchev–Trinajstić information content (AvgIpc) is 2.88. The normalized spacial score (nSPS) is 11.2. The fourth-order valence-electron chi connectivity index (χ4n) is 2.58. The van der Waals surface area contributed by atoms with E-state index in [1.165, 1.54) is 0 Å². The molecule has 1 amide bonds. The summed E-state index contributed by atoms with van der Waals surface area (Å²) < 4.78 is 12.0. The number of carbonyl (C=O) groups is 1. The van der Waals surface area contributed by atoms with Crippen LogP contribution in [0.2, 0.25) is 0 Å². The zero-order chi connectivity index (χ0) is 18.7. The van der Waals surface area contributed by atoms with E-state index in [1.807, 2.05) is 25.1 Å². The average molecular weight is 353 g/mol. The van der Waals surface area contributed by atoms with Gasteiger partial charge in [0.25, 0.3) is 0 Å². The van der Waals surface area contributed by atoms with Gasteiger partial charge in [-0.05, 0) is 43.3 Å². The number of hydrogen-bond donors (Lipinski definition) is 1. The molecular weight excluding hydrogens is 334 g/mol. The van der Waals surface area contributed by atoms with Crippen molar-refractivity contribution in [3.63, 3.8) is 0 Å². The molecule has 0 saturated heterocycles. The molecule has 0 saturated carbocycles. The first-order valence-electron chi connectivity index (χ1n) is 7.99. The number of ether oxygens (including phenoxy) is 2. The summed E-state index contributed by atoms with van der Waals surface area (Å²) in [6, 6.07) is 12.6. The summed E-state index contributed by atoms with van der Waals surface area (Å²) in [5.41, 5.74) is 2.10. The second-order valence-electron chi connectivity index (χ2n) is 5.81. The lowest BCUT2D eigenvalue weighted by molar-refractivity contribution is -0.120. The summed E-state index contributed by atoms with van der Waals surface area (Å²) in [6.45, 7) is 1.69. The zero-order valence-electron chi connectivity index (χ0n) is 14.8. The lowest BCUT2D eigenvalue weighted by atomic mass is 10.1. The molecule has 0 aliphatic carbocycles. The van der Waals surface area contributed by atoms with Crippen LogP contribution >= 0.6 is 0 Å². The molecule has 134 valence electrons. The molecule has 3 aromatic rings. The van der Waals surface area contributed by atoms with Gasteiger partial charge in [0.2, 0.25) is 5.88 Å². The summed E-state index contributed by atoms with van der Waals surface area (Å²) in [4.78, 5) is 11.9. The Labute approximate surface area is 150 Å². The van der Waals surface area contributed by atoms with Crippen LogP contribution in [0.4, 0.5) is 5.69 Å². The van der Waals surface area contributed by atoms with E-state index in [1.54, 1.807) is 43.0 Å². The van der Waals surface area contributed by atoms with E-state index in [9.17, 15) is 9.90 Å². The topological polar surface area (TPSA) is 85.4 Å². The summed E-state index contributed by atoms with van der Waals surface area (Å²) in [6.07, 6.45) is 0. The van der Waals surface area contributed by atoms with Gasteiger partial charge in [-0.2, -0.15) is 0 Å². The number of fused-ring (bicyclic) bond motifs is 1. The van der Waals surface area contributed by atoms with Crippen molar-refractivity contribution in [1.29, 1.82) is 0 Å². The molecule has 0 atom stereocenters. The number of carbonyl (C=O) groups excluding carboxylic acids is 1. The molecule has 1 heterocycles. The molecule has 2 aromatic carbocycles. The van der Waals surface area contributed by atoms with Crippen molar-refractivity contribution in [3.8, 4) is 17.4 Å². The van der Waals surface area contributed by atoms with Crippen molar-refractivity contribution in [2.45, 2.75) is 6.92 Å². The number of amides is 1. The van der Waals surface area contributed by atoms with Crippen molar-refractivity contribution in [2.24, 2.45) is 17.3 Å². The number of hydrogen-bond acceptors (Lipinski definition) is 5. The number of aryl methyl sites for hydroxylation is 2. The molecule has 0 spiro atoms. The van der Waals surface area contributed by atoms with Crippen LogP contribution < -0.4 is 9.47 Å². The third-order valence-electron chi connectivity index (χ3n) is 3.98. The van der Waals surface area contributed by atoms with Gasteiger partial charge in [-0.1, -0.05) is 11.6 Å². The third-order valence-corrected chi connectivity index (χ3v) is 3.98. The maximum absolute atomic E-state index is 11.9. The van der Waals surface area contributed by atoms with Gasteiger partial charge in [0.05, 0.1) is 12.6 Å². The first-order chi connectivity index (χ1) is 12.5. The lowest BCUT2D eigenvalue weighted by Crippen LogP contribution is -2.07. The number of rotatable bonds is 5. The van der Waals surface area contributed by atoms with Crippen molar-refractivity contribution >= 4 is 22.5 Å². The monoisotopic (exact) mass is 353 g/mol. The smallest absolute Gasteiger partial charge is 0.302 e. The van der Waals surface area contributed by atoms with Crippen LogP contribution in [0.5, 0.6) is 17.4 Å². The van der Waals surface area contributed by atoms with E-state index in [4.69, 9.17) is 9.47 Å². The summed E-state index contributed by atoms with van der Waals surface area (Å²) in [5.74, 6) is 0.631. The van der Waals surface area contributed by atoms with Gasteiger partial charge in [0.1, 0.15) is 11.5 Å². The van der Waals surface area contributed by atoms with Crippen molar-refractivity contribution in [2.75, 3.05) is 13.7 Å². The van der Waals surface area contributed by atoms with Crippen molar-refractivity contribution in [3.05, 3.63) is 48.0 Å². The Kier molecular flexibility index (Phi) is 4.88. The molecule has 7 nitrogen and oxygen atoms in total. The number of nitrogens with zero attached hydrogens (tertiary/aromatic N) is 3. The number of methoxy groups -OCH3 is 1. The van der Waals surface area contributed by atoms with Gasteiger partial charge in [-0.25, -0.2) is 0 Å². The second-order valence-corrected chi connectivity index (χ2v) is 5.81. The minimum absolute atomic E-state index is 0.0433. The maximum Gasteiger partial charge on any atom is 0.302 e. The highest BCUT2D eigenvalue weighted by Crippen LogP contribution is 2.38. The van der Waals surface area contributed by atoms with E-state index in [-0.39, 0.29) is 18.2 Å². The molecule has 3 rings (SSSR count). The van der Waals surface area contributed by atoms with Gasteiger partial charge in [0.15, 0.2) is 12.3 Å². The predicted molar refractivity (Wildman–Crippen MR) is 97.3 cm³/mol. The Morgan fingerprint density at radius 2 is 1.85 bits per heavy atom. The predicted octanol–water partition coefficient (Wildman–Crippen LogP) is 3.89. The zero-order valence-corrected chi connectivity index (χ0v) is 14.8. The highest BCUT2D eigenvalue weighted by molar-refractivity contribution is 5.95.